The number of nitrogens with one attached hydrogen (secondary N) is 2. The van der Waals surface area contributed by atoms with Crippen molar-refractivity contribution in [2.45, 2.75) is 25.0 Å². The largest absolute Gasteiger partial charge is 0.506 e. The number of anilines is 1. The number of rotatable bonds is 6. The number of carbonyl (C=O) groups excluding carboxylic acids is 1. The van der Waals surface area contributed by atoms with E-state index in [0.29, 0.717) is 23.8 Å². The van der Waals surface area contributed by atoms with Crippen molar-refractivity contribution in [2.75, 3.05) is 18.5 Å². The first-order chi connectivity index (χ1) is 12.6. The van der Waals surface area contributed by atoms with Crippen molar-refractivity contribution in [3.8, 4) is 11.5 Å². The summed E-state index contributed by atoms with van der Waals surface area (Å²) in [6.45, 7) is 0.225. The van der Waals surface area contributed by atoms with Gasteiger partial charge in [-0.05, 0) is 36.5 Å². The zero-order valence-corrected chi connectivity index (χ0v) is 14.3. The van der Waals surface area contributed by atoms with Gasteiger partial charge in [0.2, 0.25) is 0 Å². The van der Waals surface area contributed by atoms with Gasteiger partial charge in [-0.1, -0.05) is 30.3 Å². The van der Waals surface area contributed by atoms with Crippen LogP contribution in [0.25, 0.3) is 0 Å². The van der Waals surface area contributed by atoms with Gasteiger partial charge in [-0.3, -0.25) is 4.79 Å². The first kappa shape index (κ1) is 16.9. The zero-order chi connectivity index (χ0) is 18.1. The van der Waals surface area contributed by atoms with Crippen LogP contribution >= 0.6 is 0 Å². The molecule has 1 saturated carbocycles. The number of aliphatic hydroxyl groups is 1. The first-order valence-electron chi connectivity index (χ1n) is 8.88. The molecule has 0 radical (unpaired) electrons. The topological polar surface area (TPSA) is 90.8 Å². The molecule has 2 aliphatic rings. The summed E-state index contributed by atoms with van der Waals surface area (Å²) in [7, 11) is 0. The molecule has 1 amide bonds. The molecule has 1 heterocycles. The predicted molar refractivity (Wildman–Crippen MR) is 97.1 cm³/mol. The number of phenolic OH excluding ortho intramolecular Hbond substituents is 1. The van der Waals surface area contributed by atoms with Crippen molar-refractivity contribution in [3.63, 3.8) is 0 Å². The lowest BCUT2D eigenvalue weighted by atomic mass is 10.0. The van der Waals surface area contributed by atoms with Crippen LogP contribution in [0.1, 0.15) is 36.1 Å². The molecule has 26 heavy (non-hydrogen) atoms. The van der Waals surface area contributed by atoms with Gasteiger partial charge in [0.25, 0.3) is 5.91 Å². The normalized spacial score (nSPS) is 18.4. The number of hydrogen-bond donors (Lipinski definition) is 4. The summed E-state index contributed by atoms with van der Waals surface area (Å²) in [6.07, 6.45) is 1.56. The van der Waals surface area contributed by atoms with E-state index in [9.17, 15) is 15.0 Å². The third-order valence-electron chi connectivity index (χ3n) is 4.92. The van der Waals surface area contributed by atoms with Gasteiger partial charge in [-0.25, -0.2) is 0 Å². The SMILES string of the molecule is O=C1COc2c(C(O)CNC(c3ccccc3)C3CC3)ccc(O)c2N1. The molecule has 1 aliphatic carbocycles. The quantitative estimate of drug-likeness (QED) is 0.599. The van der Waals surface area contributed by atoms with E-state index in [0.717, 1.165) is 0 Å². The van der Waals surface area contributed by atoms with Crippen molar-refractivity contribution in [1.29, 1.82) is 0 Å². The number of fused-ring (bicyclic) bond motifs is 1. The molecule has 0 bridgehead atoms. The van der Waals surface area contributed by atoms with Gasteiger partial charge in [0.05, 0.1) is 6.10 Å². The fraction of sp³-hybridized carbons (Fsp3) is 0.350. The molecular weight excluding hydrogens is 332 g/mol. The van der Waals surface area contributed by atoms with Crippen LogP contribution in [0.3, 0.4) is 0 Å². The van der Waals surface area contributed by atoms with Gasteiger partial charge in [0.1, 0.15) is 11.4 Å². The monoisotopic (exact) mass is 354 g/mol. The molecule has 0 aromatic heterocycles. The highest BCUT2D eigenvalue weighted by atomic mass is 16.5. The molecule has 2 atom stereocenters. The van der Waals surface area contributed by atoms with E-state index >= 15 is 0 Å². The maximum absolute atomic E-state index is 11.5. The second-order valence-electron chi connectivity index (χ2n) is 6.86. The summed E-state index contributed by atoms with van der Waals surface area (Å²) in [5.74, 6) is 0.531. The Kier molecular flexibility index (Phi) is 4.53. The molecular formula is C20H22N2O4. The maximum Gasteiger partial charge on any atom is 0.262 e. The Bertz CT molecular complexity index is 805. The molecule has 6 nitrogen and oxygen atoms in total. The standard InChI is InChI=1S/C20H22N2O4/c23-15-9-8-14(20-19(15)22-17(25)11-26-20)16(24)10-21-18(13-6-7-13)12-4-2-1-3-5-12/h1-5,8-9,13,16,18,21,23-24H,6-7,10-11H2,(H,22,25). The van der Waals surface area contributed by atoms with Crippen LogP contribution in [0.4, 0.5) is 5.69 Å². The molecule has 136 valence electrons. The average Bonchev–Trinajstić information content (AvgIpc) is 3.48. The van der Waals surface area contributed by atoms with E-state index < -0.39 is 6.10 Å². The minimum atomic E-state index is -0.815. The number of phenols is 1. The van der Waals surface area contributed by atoms with E-state index in [-0.39, 0.29) is 30.0 Å². The Labute approximate surface area is 151 Å². The van der Waals surface area contributed by atoms with Gasteiger partial charge in [-0.2, -0.15) is 0 Å². The molecule has 4 rings (SSSR count). The van der Waals surface area contributed by atoms with Gasteiger partial charge in [0, 0.05) is 18.2 Å². The Morgan fingerprint density at radius 2 is 1.96 bits per heavy atom. The van der Waals surface area contributed by atoms with Crippen molar-refractivity contribution < 1.29 is 19.7 Å². The molecule has 2 aromatic rings. The summed E-state index contributed by atoms with van der Waals surface area (Å²) in [4.78, 5) is 11.5. The summed E-state index contributed by atoms with van der Waals surface area (Å²) in [5, 5.41) is 26.7. The maximum atomic E-state index is 11.5. The van der Waals surface area contributed by atoms with Gasteiger partial charge >= 0.3 is 0 Å². The summed E-state index contributed by atoms with van der Waals surface area (Å²) >= 11 is 0. The molecule has 1 aliphatic heterocycles. The lowest BCUT2D eigenvalue weighted by Crippen LogP contribution is -2.30. The molecule has 2 unspecified atom stereocenters. The minimum absolute atomic E-state index is 0.0721. The fourth-order valence-electron chi connectivity index (χ4n) is 3.44. The Balaban J connectivity index is 1.51. The van der Waals surface area contributed by atoms with Crippen LogP contribution in [0, 0.1) is 5.92 Å². The van der Waals surface area contributed by atoms with E-state index in [1.165, 1.54) is 24.5 Å². The lowest BCUT2D eigenvalue weighted by molar-refractivity contribution is -0.118. The van der Waals surface area contributed by atoms with Crippen LogP contribution < -0.4 is 15.4 Å². The van der Waals surface area contributed by atoms with E-state index in [1.807, 2.05) is 18.2 Å². The highest BCUT2D eigenvalue weighted by Crippen LogP contribution is 2.43. The Morgan fingerprint density at radius 1 is 1.19 bits per heavy atom. The van der Waals surface area contributed by atoms with Crippen molar-refractivity contribution in [3.05, 3.63) is 53.6 Å². The first-order valence-corrected chi connectivity index (χ1v) is 8.88. The Morgan fingerprint density at radius 3 is 2.69 bits per heavy atom. The number of aliphatic hydroxyl groups excluding tert-OH is 1. The molecule has 0 saturated heterocycles. The van der Waals surface area contributed by atoms with Crippen LogP contribution in [-0.4, -0.2) is 29.3 Å². The minimum Gasteiger partial charge on any atom is -0.506 e. The van der Waals surface area contributed by atoms with Crippen LogP contribution in [0.2, 0.25) is 0 Å². The summed E-state index contributed by atoms with van der Waals surface area (Å²) in [5.41, 5.74) is 1.99. The Hall–Kier alpha value is -2.57. The van der Waals surface area contributed by atoms with Crippen molar-refractivity contribution in [1.82, 2.24) is 5.32 Å². The molecule has 6 heteroatoms. The van der Waals surface area contributed by atoms with Crippen molar-refractivity contribution in [2.24, 2.45) is 5.92 Å². The van der Waals surface area contributed by atoms with E-state index in [1.54, 1.807) is 6.07 Å². The smallest absolute Gasteiger partial charge is 0.262 e. The van der Waals surface area contributed by atoms with Gasteiger partial charge < -0.3 is 25.6 Å². The fourth-order valence-corrected chi connectivity index (χ4v) is 3.44. The van der Waals surface area contributed by atoms with E-state index in [2.05, 4.69) is 22.8 Å². The molecule has 1 fully saturated rings. The third-order valence-corrected chi connectivity index (χ3v) is 4.92. The van der Waals surface area contributed by atoms with E-state index in [4.69, 9.17) is 4.74 Å². The molecule has 4 N–H and O–H groups in total. The predicted octanol–water partition coefficient (Wildman–Crippen LogP) is 2.50. The number of hydrogen-bond acceptors (Lipinski definition) is 5. The second kappa shape index (κ2) is 6.97. The highest BCUT2D eigenvalue weighted by molar-refractivity contribution is 5.97. The van der Waals surface area contributed by atoms with Gasteiger partial charge in [0.15, 0.2) is 12.4 Å². The second-order valence-corrected chi connectivity index (χ2v) is 6.86. The van der Waals surface area contributed by atoms with Gasteiger partial charge in [-0.15, -0.1) is 0 Å². The number of ether oxygens (including phenoxy) is 1. The molecule has 2 aromatic carbocycles. The molecule has 0 spiro atoms. The lowest BCUT2D eigenvalue weighted by Gasteiger charge is -2.25. The zero-order valence-electron chi connectivity index (χ0n) is 14.3. The number of aromatic hydroxyl groups is 1. The highest BCUT2D eigenvalue weighted by Gasteiger charge is 2.33. The number of amides is 1. The number of carbonyl (C=O) groups is 1. The summed E-state index contributed by atoms with van der Waals surface area (Å²) < 4.78 is 5.46. The van der Waals surface area contributed by atoms with Crippen LogP contribution in [-0.2, 0) is 4.79 Å². The number of benzene rings is 2. The average molecular weight is 354 g/mol. The third kappa shape index (κ3) is 3.38. The van der Waals surface area contributed by atoms with Crippen LogP contribution in [0.15, 0.2) is 42.5 Å². The summed E-state index contributed by atoms with van der Waals surface area (Å²) in [6, 6.07) is 13.5. The van der Waals surface area contributed by atoms with Crippen molar-refractivity contribution >= 4 is 11.6 Å². The van der Waals surface area contributed by atoms with Crippen LogP contribution in [0.5, 0.6) is 11.5 Å².